The van der Waals surface area contributed by atoms with Crippen LogP contribution in [-0.2, 0) is 14.2 Å². The van der Waals surface area contributed by atoms with Crippen molar-refractivity contribution < 1.29 is 28.9 Å². The molecule has 44 heavy (non-hydrogen) atoms. The zero-order chi connectivity index (χ0) is 32.2. The first-order chi connectivity index (χ1) is 20.8. The van der Waals surface area contributed by atoms with Crippen LogP contribution >= 0.6 is 12.0 Å². The highest BCUT2D eigenvalue weighted by Crippen LogP contribution is 2.40. The third kappa shape index (κ3) is 12.3. The van der Waals surface area contributed by atoms with E-state index in [0.29, 0.717) is 24.9 Å². The van der Waals surface area contributed by atoms with Gasteiger partial charge in [-0.05, 0) is 108 Å². The van der Waals surface area contributed by atoms with Crippen LogP contribution in [0.2, 0.25) is 25.7 Å². The molecule has 9 heteroatoms. The second kappa shape index (κ2) is 17.4. The number of rotatable bonds is 19. The molecule has 0 bridgehead atoms. The number of piperidine rings is 1. The lowest BCUT2D eigenvalue weighted by molar-refractivity contribution is -0.432. The Bertz CT molecular complexity index is 1110. The highest BCUT2D eigenvalue weighted by Gasteiger charge is 2.42. The van der Waals surface area contributed by atoms with Gasteiger partial charge in [0.2, 0.25) is 0 Å². The van der Waals surface area contributed by atoms with E-state index in [2.05, 4.69) is 111 Å². The van der Waals surface area contributed by atoms with E-state index in [-0.39, 0.29) is 17.0 Å². The summed E-state index contributed by atoms with van der Waals surface area (Å²) in [6.07, 6.45) is 6.27. The summed E-state index contributed by atoms with van der Waals surface area (Å²) in [7, 11) is -1.06. The molecule has 7 nitrogen and oxygen atoms in total. The number of hydroxylamine groups is 2. The number of hydrogen-bond acceptors (Lipinski definition) is 8. The standard InChI is InChI=1S/C35H57NO6SSi/c1-28(29-14-9-16-32(25-29)39-21-13-23-44(6,7)8)24-31(27-40-36-34(2,3)18-11-19-35(36,4)5)30-15-10-17-33(26-30)38-20-12-22-43-42-41-37/h9-10,14-17,25-26,28,31,37H,11-13,18-24,27H2,1-8H3. The molecule has 2 unspecified atom stereocenters. The third-order valence-corrected chi connectivity index (χ3v) is 11.0. The minimum atomic E-state index is -1.06. The maximum absolute atomic E-state index is 8.29. The summed E-state index contributed by atoms with van der Waals surface area (Å²) in [5.74, 6) is 2.94. The van der Waals surface area contributed by atoms with E-state index in [9.17, 15) is 0 Å². The first-order valence-electron chi connectivity index (χ1n) is 16.3. The van der Waals surface area contributed by atoms with Gasteiger partial charge in [0.15, 0.2) is 0 Å². The summed E-state index contributed by atoms with van der Waals surface area (Å²) >= 11 is 1.05. The second-order valence-corrected chi connectivity index (χ2v) is 21.1. The molecule has 1 aliphatic rings. The minimum absolute atomic E-state index is 0.0210. The molecule has 2 aromatic rings. The number of nitrogens with zero attached hydrogens (tertiary/aromatic N) is 1. The maximum atomic E-state index is 8.29. The second-order valence-electron chi connectivity index (χ2n) is 14.7. The molecule has 0 aliphatic carbocycles. The molecule has 3 rings (SSSR count). The van der Waals surface area contributed by atoms with E-state index in [1.54, 1.807) is 0 Å². The summed E-state index contributed by atoms with van der Waals surface area (Å²) in [6.45, 7) is 20.6. The van der Waals surface area contributed by atoms with Crippen molar-refractivity contribution in [1.29, 1.82) is 0 Å². The van der Waals surface area contributed by atoms with Crippen LogP contribution in [0.3, 0.4) is 0 Å². The normalized spacial score (nSPS) is 18.1. The quantitative estimate of drug-likeness (QED) is 0.0531. The Hall–Kier alpha value is -1.59. The third-order valence-electron chi connectivity index (χ3n) is 8.54. The van der Waals surface area contributed by atoms with Crippen LogP contribution in [0.5, 0.6) is 11.5 Å². The van der Waals surface area contributed by atoms with Crippen molar-refractivity contribution in [3.63, 3.8) is 0 Å². The van der Waals surface area contributed by atoms with E-state index < -0.39 is 8.07 Å². The smallest absolute Gasteiger partial charge is 0.119 e. The molecule has 0 spiro atoms. The van der Waals surface area contributed by atoms with Gasteiger partial charge < -0.3 is 9.47 Å². The van der Waals surface area contributed by atoms with Crippen LogP contribution in [0.25, 0.3) is 0 Å². The van der Waals surface area contributed by atoms with Crippen molar-refractivity contribution in [1.82, 2.24) is 5.06 Å². The Morgan fingerprint density at radius 1 is 0.886 bits per heavy atom. The van der Waals surface area contributed by atoms with Crippen LogP contribution in [-0.4, -0.2) is 55.0 Å². The molecule has 0 aromatic heterocycles. The Morgan fingerprint density at radius 2 is 1.48 bits per heavy atom. The molecule has 2 atom stereocenters. The van der Waals surface area contributed by atoms with Gasteiger partial charge in [0.1, 0.15) is 11.5 Å². The van der Waals surface area contributed by atoms with Crippen LogP contribution in [0, 0.1) is 0 Å². The summed E-state index contributed by atoms with van der Waals surface area (Å²) in [5, 5.41) is 14.2. The molecule has 1 aliphatic heterocycles. The first kappa shape index (κ1) is 36.9. The molecule has 1 heterocycles. The summed E-state index contributed by atoms with van der Waals surface area (Å²) < 4.78 is 16.7. The molecule has 0 radical (unpaired) electrons. The van der Waals surface area contributed by atoms with Gasteiger partial charge in [-0.25, -0.2) is 5.26 Å². The summed E-state index contributed by atoms with van der Waals surface area (Å²) in [4.78, 5) is 6.78. The maximum Gasteiger partial charge on any atom is 0.119 e. The van der Waals surface area contributed by atoms with E-state index in [0.717, 1.165) is 62.3 Å². The van der Waals surface area contributed by atoms with Crippen molar-refractivity contribution >= 4 is 20.1 Å². The Labute approximate surface area is 272 Å². The fourth-order valence-corrected chi connectivity index (χ4v) is 7.83. The molecule has 0 amide bonds. The summed E-state index contributed by atoms with van der Waals surface area (Å²) in [6, 6.07) is 18.3. The van der Waals surface area contributed by atoms with Crippen molar-refractivity contribution in [2.45, 2.75) is 122 Å². The fourth-order valence-electron chi connectivity index (χ4n) is 6.28. The van der Waals surface area contributed by atoms with Gasteiger partial charge in [0.25, 0.3) is 0 Å². The lowest BCUT2D eigenvalue weighted by Gasteiger charge is -2.51. The van der Waals surface area contributed by atoms with Crippen molar-refractivity contribution in [2.75, 3.05) is 25.6 Å². The van der Waals surface area contributed by atoms with E-state index in [1.165, 1.54) is 23.6 Å². The molecule has 1 saturated heterocycles. The number of ether oxygens (including phenoxy) is 2. The van der Waals surface area contributed by atoms with Crippen molar-refractivity contribution in [2.24, 2.45) is 0 Å². The average molecular weight is 648 g/mol. The van der Waals surface area contributed by atoms with Gasteiger partial charge in [-0.15, -0.1) is 4.33 Å². The highest BCUT2D eigenvalue weighted by molar-refractivity contribution is 7.94. The van der Waals surface area contributed by atoms with Gasteiger partial charge in [0, 0.05) is 42.9 Å². The van der Waals surface area contributed by atoms with Crippen LogP contribution in [0.4, 0.5) is 0 Å². The summed E-state index contributed by atoms with van der Waals surface area (Å²) in [5.41, 5.74) is 2.46. The minimum Gasteiger partial charge on any atom is -0.494 e. The lowest BCUT2D eigenvalue weighted by atomic mass is 9.82. The van der Waals surface area contributed by atoms with E-state index in [4.69, 9.17) is 19.6 Å². The molecular weight excluding hydrogens is 591 g/mol. The van der Waals surface area contributed by atoms with E-state index in [1.807, 2.05) is 6.07 Å². The SMILES string of the molecule is CC(CC(CON1C(C)(C)CCCC1(C)C)c1cccc(OCCCSOOO)c1)c1cccc(OCCC[Si](C)(C)C)c1. The molecule has 248 valence electrons. The predicted octanol–water partition coefficient (Wildman–Crippen LogP) is 9.88. The van der Waals surface area contributed by atoms with Gasteiger partial charge in [-0.1, -0.05) is 61.9 Å². The highest BCUT2D eigenvalue weighted by atomic mass is 32.2. The molecular formula is C35H57NO6SSi. The molecule has 0 saturated carbocycles. The fraction of sp³-hybridized carbons (Fsp3) is 0.657. The number of benzene rings is 2. The van der Waals surface area contributed by atoms with Gasteiger partial charge in [-0.3, -0.25) is 4.84 Å². The Kier molecular flexibility index (Phi) is 14.5. The van der Waals surface area contributed by atoms with Crippen LogP contribution in [0.1, 0.15) is 96.1 Å². The van der Waals surface area contributed by atoms with Gasteiger partial charge >= 0.3 is 0 Å². The predicted molar refractivity (Wildman–Crippen MR) is 184 cm³/mol. The topological polar surface area (TPSA) is 69.6 Å². The Morgan fingerprint density at radius 3 is 2.09 bits per heavy atom. The van der Waals surface area contributed by atoms with Crippen molar-refractivity contribution in [3.8, 4) is 11.5 Å². The largest absolute Gasteiger partial charge is 0.494 e. The zero-order valence-electron chi connectivity index (χ0n) is 28.4. The molecule has 2 aromatic carbocycles. The lowest BCUT2D eigenvalue weighted by Crippen LogP contribution is -2.58. The van der Waals surface area contributed by atoms with Gasteiger partial charge in [-0.2, -0.15) is 5.06 Å². The van der Waals surface area contributed by atoms with Gasteiger partial charge in [0.05, 0.1) is 19.8 Å². The van der Waals surface area contributed by atoms with Crippen molar-refractivity contribution in [3.05, 3.63) is 59.7 Å². The van der Waals surface area contributed by atoms with E-state index >= 15 is 0 Å². The monoisotopic (exact) mass is 647 g/mol. The Balaban J connectivity index is 1.74. The number of hydrogen-bond donors (Lipinski definition) is 1. The average Bonchev–Trinajstić information content (AvgIpc) is 2.95. The first-order valence-corrected chi connectivity index (χ1v) is 20.9. The van der Waals surface area contributed by atoms with Crippen LogP contribution < -0.4 is 9.47 Å². The van der Waals surface area contributed by atoms with Crippen LogP contribution in [0.15, 0.2) is 48.5 Å². The zero-order valence-corrected chi connectivity index (χ0v) is 30.2. The molecule has 1 N–H and O–H groups in total. The molecule has 1 fully saturated rings.